The van der Waals surface area contributed by atoms with Gasteiger partial charge in [0.1, 0.15) is 17.3 Å². The van der Waals surface area contributed by atoms with Gasteiger partial charge in [-0.2, -0.15) is 0 Å². The van der Waals surface area contributed by atoms with Gasteiger partial charge in [-0.1, -0.05) is 29.8 Å². The van der Waals surface area contributed by atoms with Crippen LogP contribution in [-0.4, -0.2) is 24.3 Å². The average Bonchev–Trinajstić information content (AvgIpc) is 3.30. The third-order valence-corrected chi connectivity index (χ3v) is 6.94. The lowest BCUT2D eigenvalue weighted by atomic mass is 9.85. The second-order valence-corrected chi connectivity index (χ2v) is 10.7. The highest BCUT2D eigenvalue weighted by atomic mass is 35.5. The Bertz CT molecular complexity index is 1600. The van der Waals surface area contributed by atoms with Crippen LogP contribution in [0.1, 0.15) is 51.5 Å². The predicted octanol–water partition coefficient (Wildman–Crippen LogP) is 7.32. The number of amides is 1. The zero-order valence-corrected chi connectivity index (χ0v) is 23.0. The molecule has 1 aliphatic heterocycles. The van der Waals surface area contributed by atoms with E-state index in [9.17, 15) is 9.59 Å². The van der Waals surface area contributed by atoms with Crippen molar-refractivity contribution in [1.82, 2.24) is 5.32 Å². The van der Waals surface area contributed by atoms with Gasteiger partial charge in [0.25, 0.3) is 5.91 Å². The maximum Gasteiger partial charge on any atom is 0.259 e. The Hall–Kier alpha value is -4.29. The summed E-state index contributed by atoms with van der Waals surface area (Å²) >= 11 is 5.98. The molecule has 4 aromatic rings. The van der Waals surface area contributed by atoms with Crippen LogP contribution >= 0.6 is 11.6 Å². The molecule has 0 atom stereocenters. The zero-order chi connectivity index (χ0) is 27.7. The molecule has 0 saturated carbocycles. The van der Waals surface area contributed by atoms with Crippen LogP contribution in [0, 0.1) is 6.92 Å². The van der Waals surface area contributed by atoms with Crippen molar-refractivity contribution >= 4 is 34.7 Å². The summed E-state index contributed by atoms with van der Waals surface area (Å²) < 4.78 is 11.2. The van der Waals surface area contributed by atoms with E-state index >= 15 is 0 Å². The molecular weight excluding hydrogens is 512 g/mol. The Morgan fingerprint density at radius 2 is 1.82 bits per heavy atom. The van der Waals surface area contributed by atoms with E-state index in [1.165, 1.54) is 0 Å². The molecule has 2 heterocycles. The van der Waals surface area contributed by atoms with Crippen molar-refractivity contribution in [3.8, 4) is 17.1 Å². The fourth-order valence-corrected chi connectivity index (χ4v) is 4.91. The number of fused-ring (bicyclic) bond motifs is 1. The van der Waals surface area contributed by atoms with E-state index in [4.69, 9.17) is 20.8 Å². The third-order valence-electron chi connectivity index (χ3n) is 6.68. The van der Waals surface area contributed by atoms with E-state index in [-0.39, 0.29) is 17.2 Å². The number of carbonyl (C=O) groups is 2. The van der Waals surface area contributed by atoms with E-state index in [0.29, 0.717) is 33.4 Å². The zero-order valence-electron chi connectivity index (χ0n) is 22.2. The second-order valence-electron chi connectivity index (χ2n) is 10.3. The van der Waals surface area contributed by atoms with Crippen molar-refractivity contribution in [2.75, 3.05) is 12.4 Å². The number of aryl methyl sites for hydroxylation is 1. The fourth-order valence-electron chi connectivity index (χ4n) is 4.78. The molecule has 7 heteroatoms. The van der Waals surface area contributed by atoms with E-state index < -0.39 is 0 Å². The lowest BCUT2D eigenvalue weighted by Gasteiger charge is -2.35. The SMILES string of the molecule is COc1ccc2c(c1)C(=CC(=O)c1cccc(NC(=O)c3cc(-c4ccc(Cl)cc4)oc3C)c1)NC(C)(C)C2. The second kappa shape index (κ2) is 10.5. The normalized spacial score (nSPS) is 14.8. The molecule has 0 fully saturated rings. The quantitative estimate of drug-likeness (QED) is 0.198. The molecule has 198 valence electrons. The van der Waals surface area contributed by atoms with Crippen molar-refractivity contribution in [1.29, 1.82) is 0 Å². The lowest BCUT2D eigenvalue weighted by Crippen LogP contribution is -2.43. The number of halogens is 1. The smallest absolute Gasteiger partial charge is 0.259 e. The molecule has 0 spiro atoms. The van der Waals surface area contributed by atoms with E-state index in [0.717, 1.165) is 34.6 Å². The largest absolute Gasteiger partial charge is 0.497 e. The highest BCUT2D eigenvalue weighted by Gasteiger charge is 2.28. The first kappa shape index (κ1) is 26.3. The summed E-state index contributed by atoms with van der Waals surface area (Å²) in [5.41, 5.74) is 4.82. The van der Waals surface area contributed by atoms with Gasteiger partial charge in [-0.3, -0.25) is 9.59 Å². The van der Waals surface area contributed by atoms with Gasteiger partial charge < -0.3 is 19.8 Å². The van der Waals surface area contributed by atoms with Gasteiger partial charge in [-0.05, 0) is 87.4 Å². The molecule has 6 nitrogen and oxygen atoms in total. The number of benzene rings is 3. The summed E-state index contributed by atoms with van der Waals surface area (Å²) in [6.07, 6.45) is 2.44. The number of hydrogen-bond acceptors (Lipinski definition) is 5. The first-order chi connectivity index (χ1) is 18.6. The molecule has 1 aliphatic rings. The molecule has 0 unspecified atom stereocenters. The van der Waals surface area contributed by atoms with Crippen molar-refractivity contribution in [2.45, 2.75) is 32.7 Å². The number of anilines is 1. The van der Waals surface area contributed by atoms with Crippen LogP contribution in [0.25, 0.3) is 17.0 Å². The molecule has 39 heavy (non-hydrogen) atoms. The van der Waals surface area contributed by atoms with Gasteiger partial charge in [0, 0.05) is 44.7 Å². The topological polar surface area (TPSA) is 80.6 Å². The Balaban J connectivity index is 1.38. The summed E-state index contributed by atoms with van der Waals surface area (Å²) in [6, 6.07) is 21.7. The molecule has 0 saturated heterocycles. The van der Waals surface area contributed by atoms with Crippen molar-refractivity contribution in [3.05, 3.63) is 112 Å². The maximum absolute atomic E-state index is 13.3. The molecule has 0 radical (unpaired) electrons. The van der Waals surface area contributed by atoms with E-state index in [1.807, 2.05) is 30.3 Å². The van der Waals surface area contributed by atoms with Crippen LogP contribution in [0.3, 0.4) is 0 Å². The van der Waals surface area contributed by atoms with Gasteiger partial charge in [0.2, 0.25) is 0 Å². The average molecular weight is 541 g/mol. The molecule has 2 N–H and O–H groups in total. The minimum Gasteiger partial charge on any atom is -0.497 e. The first-order valence-corrected chi connectivity index (χ1v) is 13.0. The number of carbonyl (C=O) groups excluding carboxylic acids is 2. The molecule has 5 rings (SSSR count). The Kier molecular flexibility index (Phi) is 7.06. The van der Waals surface area contributed by atoms with Crippen LogP contribution in [0.2, 0.25) is 5.02 Å². The number of rotatable bonds is 6. The minimum absolute atomic E-state index is 0.176. The molecule has 1 aromatic heterocycles. The van der Waals surface area contributed by atoms with Crippen molar-refractivity contribution in [2.24, 2.45) is 0 Å². The fraction of sp³-hybridized carbons (Fsp3) is 0.188. The van der Waals surface area contributed by atoms with Crippen molar-refractivity contribution < 1.29 is 18.7 Å². The summed E-state index contributed by atoms with van der Waals surface area (Å²) in [6.45, 7) is 5.95. The monoisotopic (exact) mass is 540 g/mol. The lowest BCUT2D eigenvalue weighted by molar-refractivity contribution is 0.102. The van der Waals surface area contributed by atoms with Crippen LogP contribution in [0.4, 0.5) is 5.69 Å². The van der Waals surface area contributed by atoms with E-state index in [2.05, 4.69) is 24.5 Å². The summed E-state index contributed by atoms with van der Waals surface area (Å²) in [7, 11) is 1.62. The highest BCUT2D eigenvalue weighted by molar-refractivity contribution is 6.30. The molecule has 3 aromatic carbocycles. The standard InChI is InChI=1S/C32H29ClN2O4/c1-19-26(16-30(39-19)20-8-11-23(33)12-9-20)31(37)34-24-7-5-6-21(14-24)29(36)17-28-27-15-25(38-4)13-10-22(27)18-32(2,3)35-28/h5-17,35H,18H2,1-4H3,(H,34,37). The number of allylic oxidation sites excluding steroid dienone is 1. The summed E-state index contributed by atoms with van der Waals surface area (Å²) in [5, 5.41) is 7.00. The molecule has 0 aliphatic carbocycles. The van der Waals surface area contributed by atoms with Crippen LogP contribution < -0.4 is 15.4 Å². The van der Waals surface area contributed by atoms with Gasteiger partial charge in [-0.25, -0.2) is 0 Å². The Morgan fingerprint density at radius 1 is 1.05 bits per heavy atom. The van der Waals surface area contributed by atoms with Crippen LogP contribution in [0.5, 0.6) is 5.75 Å². The van der Waals surface area contributed by atoms with E-state index in [1.54, 1.807) is 62.6 Å². The van der Waals surface area contributed by atoms with Crippen molar-refractivity contribution in [3.63, 3.8) is 0 Å². The summed E-state index contributed by atoms with van der Waals surface area (Å²) in [5.74, 6) is 1.30. The molecule has 0 bridgehead atoms. The molecule has 1 amide bonds. The minimum atomic E-state index is -0.323. The predicted molar refractivity (Wildman–Crippen MR) is 155 cm³/mol. The van der Waals surface area contributed by atoms with Gasteiger partial charge in [0.05, 0.1) is 12.7 Å². The number of furan rings is 1. The summed E-state index contributed by atoms with van der Waals surface area (Å²) in [4.78, 5) is 26.4. The number of ketones is 1. The Morgan fingerprint density at radius 3 is 2.56 bits per heavy atom. The number of methoxy groups -OCH3 is 1. The third kappa shape index (κ3) is 5.76. The molecular formula is C32H29ClN2O4. The van der Waals surface area contributed by atoms with Gasteiger partial charge >= 0.3 is 0 Å². The van der Waals surface area contributed by atoms with Gasteiger partial charge in [0.15, 0.2) is 5.78 Å². The Labute approximate surface area is 232 Å². The van der Waals surface area contributed by atoms with Gasteiger partial charge in [-0.15, -0.1) is 0 Å². The van der Waals surface area contributed by atoms with Crippen LogP contribution in [-0.2, 0) is 6.42 Å². The number of nitrogens with one attached hydrogen (secondary N) is 2. The highest BCUT2D eigenvalue weighted by Crippen LogP contribution is 2.33. The maximum atomic E-state index is 13.3. The first-order valence-electron chi connectivity index (χ1n) is 12.6. The number of hydrogen-bond donors (Lipinski definition) is 2. The number of ether oxygens (including phenoxy) is 1. The van der Waals surface area contributed by atoms with Crippen LogP contribution in [0.15, 0.2) is 83.3 Å².